The van der Waals surface area contributed by atoms with E-state index < -0.39 is 0 Å². The van der Waals surface area contributed by atoms with Crippen LogP contribution in [0.15, 0.2) is 18.2 Å². The molecule has 0 heterocycles. The molecule has 0 spiro atoms. The Morgan fingerprint density at radius 1 is 1.50 bits per heavy atom. The Morgan fingerprint density at radius 3 is 2.79 bits per heavy atom. The van der Waals surface area contributed by atoms with Gasteiger partial charge < -0.3 is 0 Å². The Bertz CT molecular complexity index is 336. The van der Waals surface area contributed by atoms with E-state index in [1.165, 1.54) is 0 Å². The van der Waals surface area contributed by atoms with Crippen LogP contribution in [-0.2, 0) is 3.76 Å². The summed E-state index contributed by atoms with van der Waals surface area (Å²) in [6, 6.07) is 5.47. The van der Waals surface area contributed by atoms with Crippen molar-refractivity contribution in [3.05, 3.63) is 29.3 Å². The number of aryl methyl sites for hydroxylation is 1. The fraction of sp³-hybridized carbons (Fsp3) is 0.300. The first-order valence-electron chi connectivity index (χ1n) is 4.51. The molecule has 0 unspecified atom stereocenters. The zero-order chi connectivity index (χ0) is 10.6. The van der Waals surface area contributed by atoms with E-state index in [1.807, 2.05) is 26.0 Å². The van der Waals surface area contributed by atoms with E-state index in [9.17, 15) is 4.79 Å². The van der Waals surface area contributed by atoms with Crippen LogP contribution in [0.2, 0.25) is 0 Å². The molecule has 0 aromatic heterocycles. The summed E-state index contributed by atoms with van der Waals surface area (Å²) in [6.07, 6.45) is 0. The number of carbonyl (C=O) groups excluding carboxylic acids is 1. The molecule has 0 aliphatic carbocycles. The molecular formula is C10H14GeO3. The van der Waals surface area contributed by atoms with Crippen LogP contribution in [0, 0.1) is 6.92 Å². The minimum atomic E-state index is -0.280. The van der Waals surface area contributed by atoms with Gasteiger partial charge in [-0.2, -0.15) is 0 Å². The van der Waals surface area contributed by atoms with Gasteiger partial charge in [0.05, 0.1) is 0 Å². The first kappa shape index (κ1) is 11.1. The van der Waals surface area contributed by atoms with Gasteiger partial charge in [-0.05, 0) is 0 Å². The standard InChI is InChI=1S/C10H14GeO3/c1-3-13-9-7(2)5-4-6-8(9)10(12)14-11/h4-6H,3H2,1-2,11H3. The summed E-state index contributed by atoms with van der Waals surface area (Å²) in [6.45, 7) is 4.36. The molecule has 0 fully saturated rings. The summed E-state index contributed by atoms with van der Waals surface area (Å²) >= 11 is 0.0668. The molecule has 0 saturated heterocycles. The predicted octanol–water partition coefficient (Wildman–Crippen LogP) is 0.831. The summed E-state index contributed by atoms with van der Waals surface area (Å²) in [5.74, 6) is 0.362. The van der Waals surface area contributed by atoms with Crippen molar-refractivity contribution in [2.75, 3.05) is 6.61 Å². The number of benzene rings is 1. The molecule has 0 bridgehead atoms. The first-order chi connectivity index (χ1) is 6.70. The first-order valence-corrected chi connectivity index (χ1v) is 6.22. The fourth-order valence-corrected chi connectivity index (χ4v) is 1.72. The Labute approximate surface area is 92.0 Å². The zero-order valence-electron chi connectivity index (χ0n) is 8.66. The molecule has 76 valence electrons. The minimum absolute atomic E-state index is 0.0668. The van der Waals surface area contributed by atoms with Crippen LogP contribution in [0.1, 0.15) is 22.8 Å². The van der Waals surface area contributed by atoms with Crippen LogP contribution in [0.4, 0.5) is 0 Å². The second kappa shape index (κ2) is 5.05. The van der Waals surface area contributed by atoms with Crippen molar-refractivity contribution in [1.29, 1.82) is 0 Å². The summed E-state index contributed by atoms with van der Waals surface area (Å²) in [5.41, 5.74) is 1.49. The Kier molecular flexibility index (Phi) is 4.01. The molecule has 0 atom stereocenters. The van der Waals surface area contributed by atoms with Crippen molar-refractivity contribution < 1.29 is 13.3 Å². The molecule has 0 aliphatic heterocycles. The van der Waals surface area contributed by atoms with Gasteiger partial charge in [0.25, 0.3) is 0 Å². The average Bonchev–Trinajstić information content (AvgIpc) is 2.20. The molecule has 1 aromatic carbocycles. The van der Waals surface area contributed by atoms with Crippen molar-refractivity contribution in [3.8, 4) is 5.75 Å². The molecule has 0 saturated carbocycles. The summed E-state index contributed by atoms with van der Waals surface area (Å²) < 4.78 is 10.3. The molecule has 14 heavy (non-hydrogen) atoms. The third kappa shape index (κ3) is 2.29. The Morgan fingerprint density at radius 2 is 2.21 bits per heavy atom. The number of hydrogen-bond acceptors (Lipinski definition) is 3. The predicted molar refractivity (Wildman–Crippen MR) is 57.7 cm³/mol. The summed E-state index contributed by atoms with van der Waals surface area (Å²) in [4.78, 5) is 11.4. The van der Waals surface area contributed by atoms with Gasteiger partial charge in [0.15, 0.2) is 0 Å². The van der Waals surface area contributed by atoms with Crippen LogP contribution >= 0.6 is 0 Å². The van der Waals surface area contributed by atoms with Gasteiger partial charge in [0, 0.05) is 0 Å². The van der Waals surface area contributed by atoms with Gasteiger partial charge in [0.2, 0.25) is 0 Å². The van der Waals surface area contributed by atoms with Crippen LogP contribution in [0.5, 0.6) is 5.75 Å². The molecule has 3 nitrogen and oxygen atoms in total. The van der Waals surface area contributed by atoms with Gasteiger partial charge in [0.1, 0.15) is 0 Å². The number of rotatable bonds is 3. The van der Waals surface area contributed by atoms with Gasteiger partial charge in [-0.15, -0.1) is 0 Å². The van der Waals surface area contributed by atoms with E-state index in [0.29, 0.717) is 17.9 Å². The van der Waals surface area contributed by atoms with Gasteiger partial charge in [-0.25, -0.2) is 0 Å². The summed E-state index contributed by atoms with van der Waals surface area (Å²) in [7, 11) is 0. The number of ether oxygens (including phenoxy) is 1. The van der Waals surface area contributed by atoms with E-state index >= 15 is 0 Å². The zero-order valence-corrected chi connectivity index (χ0v) is 12.9. The SMILES string of the molecule is CCOc1c(C)cccc1C(=O)[O][GeH3]. The van der Waals surface area contributed by atoms with E-state index in [4.69, 9.17) is 8.50 Å². The van der Waals surface area contributed by atoms with Gasteiger partial charge in [-0.3, -0.25) is 0 Å². The molecule has 0 radical (unpaired) electrons. The van der Waals surface area contributed by atoms with E-state index in [-0.39, 0.29) is 22.8 Å². The molecule has 0 N–H and O–H groups in total. The summed E-state index contributed by atoms with van der Waals surface area (Å²) in [5, 5.41) is 0. The molecule has 0 amide bonds. The second-order valence-corrected chi connectivity index (χ2v) is 3.73. The fourth-order valence-electron chi connectivity index (χ4n) is 1.26. The Balaban J connectivity index is 3.13. The molecular weight excluding hydrogens is 241 g/mol. The maximum absolute atomic E-state index is 11.4. The third-order valence-electron chi connectivity index (χ3n) is 1.91. The molecule has 1 rings (SSSR count). The van der Waals surface area contributed by atoms with Gasteiger partial charge in [-0.1, -0.05) is 0 Å². The van der Waals surface area contributed by atoms with Crippen LogP contribution in [0.25, 0.3) is 0 Å². The normalized spacial score (nSPS) is 9.86. The average molecular weight is 255 g/mol. The topological polar surface area (TPSA) is 35.5 Å². The van der Waals surface area contributed by atoms with Crippen LogP contribution < -0.4 is 4.74 Å². The molecule has 0 aliphatic rings. The van der Waals surface area contributed by atoms with E-state index in [1.54, 1.807) is 6.07 Å². The van der Waals surface area contributed by atoms with Crippen molar-refractivity contribution in [2.45, 2.75) is 13.8 Å². The van der Waals surface area contributed by atoms with Crippen LogP contribution in [-0.4, -0.2) is 29.4 Å². The van der Waals surface area contributed by atoms with Crippen LogP contribution in [0.3, 0.4) is 0 Å². The maximum atomic E-state index is 11.4. The Hall–Kier alpha value is -0.967. The van der Waals surface area contributed by atoms with E-state index in [0.717, 1.165) is 5.56 Å². The van der Waals surface area contributed by atoms with E-state index in [2.05, 4.69) is 0 Å². The number of para-hydroxylation sites is 1. The van der Waals surface area contributed by atoms with Crippen molar-refractivity contribution >= 4 is 22.8 Å². The van der Waals surface area contributed by atoms with Crippen molar-refractivity contribution in [1.82, 2.24) is 0 Å². The third-order valence-corrected chi connectivity index (χ3v) is 2.68. The second-order valence-electron chi connectivity index (χ2n) is 2.88. The number of hydrogen-bond donors (Lipinski definition) is 0. The molecule has 1 aromatic rings. The monoisotopic (exact) mass is 256 g/mol. The van der Waals surface area contributed by atoms with Crippen molar-refractivity contribution in [2.24, 2.45) is 0 Å². The number of carbonyl (C=O) groups is 1. The van der Waals surface area contributed by atoms with Gasteiger partial charge >= 0.3 is 91.6 Å². The molecule has 4 heteroatoms. The van der Waals surface area contributed by atoms with Crippen molar-refractivity contribution in [3.63, 3.8) is 0 Å². The quantitative estimate of drug-likeness (QED) is 0.750.